The predicted octanol–water partition coefficient (Wildman–Crippen LogP) is 4.10. The summed E-state index contributed by atoms with van der Waals surface area (Å²) in [4.78, 5) is 7.06. The minimum Gasteiger partial charge on any atom is -0.371 e. The van der Waals surface area contributed by atoms with Crippen LogP contribution in [0.5, 0.6) is 0 Å². The number of nitrogens with two attached hydrogens (primary N) is 1. The van der Waals surface area contributed by atoms with Crippen molar-refractivity contribution in [2.45, 2.75) is 46.1 Å². The van der Waals surface area contributed by atoms with Crippen molar-refractivity contribution in [2.75, 3.05) is 18.0 Å². The quantitative estimate of drug-likeness (QED) is 0.794. The van der Waals surface area contributed by atoms with Gasteiger partial charge in [0.1, 0.15) is 0 Å². The minimum atomic E-state index is 0.544. The highest BCUT2D eigenvalue weighted by Gasteiger charge is 2.14. The first-order chi connectivity index (χ1) is 10.3. The number of pyridine rings is 1. The van der Waals surface area contributed by atoms with E-state index < -0.39 is 0 Å². The maximum absolute atomic E-state index is 5.97. The molecule has 2 aromatic rings. The Hall–Kier alpha value is -1.61. The SMILES string of the molecule is CCCCN(CCCC)c1c(CN)cnc2ccccc12. The summed E-state index contributed by atoms with van der Waals surface area (Å²) in [5.74, 6) is 0. The van der Waals surface area contributed by atoms with Gasteiger partial charge in [-0.1, -0.05) is 44.9 Å². The molecule has 1 aromatic heterocycles. The zero-order valence-electron chi connectivity index (χ0n) is 13.3. The Morgan fingerprint density at radius 3 is 2.33 bits per heavy atom. The van der Waals surface area contributed by atoms with E-state index in [4.69, 9.17) is 5.73 Å². The van der Waals surface area contributed by atoms with Crippen LogP contribution < -0.4 is 10.6 Å². The third kappa shape index (κ3) is 3.73. The fraction of sp³-hybridized carbons (Fsp3) is 0.500. The number of para-hydroxylation sites is 1. The molecular formula is C18H27N3. The van der Waals surface area contributed by atoms with E-state index in [1.54, 1.807) is 0 Å². The van der Waals surface area contributed by atoms with Gasteiger partial charge in [0.2, 0.25) is 0 Å². The van der Waals surface area contributed by atoms with Crippen LogP contribution >= 0.6 is 0 Å². The predicted molar refractivity (Wildman–Crippen MR) is 91.7 cm³/mol. The molecule has 114 valence electrons. The van der Waals surface area contributed by atoms with Crippen LogP contribution in [0.4, 0.5) is 5.69 Å². The summed E-state index contributed by atoms with van der Waals surface area (Å²) in [6, 6.07) is 8.38. The van der Waals surface area contributed by atoms with Gasteiger partial charge in [-0.3, -0.25) is 4.98 Å². The molecule has 0 fully saturated rings. The van der Waals surface area contributed by atoms with Crippen molar-refractivity contribution in [1.82, 2.24) is 4.98 Å². The van der Waals surface area contributed by atoms with Gasteiger partial charge in [0, 0.05) is 36.8 Å². The third-order valence-corrected chi connectivity index (χ3v) is 3.92. The molecule has 0 atom stereocenters. The number of nitrogens with zero attached hydrogens (tertiary/aromatic N) is 2. The summed E-state index contributed by atoms with van der Waals surface area (Å²) < 4.78 is 0. The average Bonchev–Trinajstić information content (AvgIpc) is 2.54. The molecule has 2 N–H and O–H groups in total. The second kappa shape index (κ2) is 7.99. The molecular weight excluding hydrogens is 258 g/mol. The van der Waals surface area contributed by atoms with E-state index in [2.05, 4.69) is 41.9 Å². The number of anilines is 1. The lowest BCUT2D eigenvalue weighted by molar-refractivity contribution is 0.677. The van der Waals surface area contributed by atoms with Gasteiger partial charge in [-0.05, 0) is 18.9 Å². The Bertz CT molecular complexity index is 557. The second-order valence-corrected chi connectivity index (χ2v) is 5.55. The topological polar surface area (TPSA) is 42.1 Å². The standard InChI is InChI=1S/C18H27N3/c1-3-5-11-21(12-6-4-2)18-15(13-19)14-20-17-10-8-7-9-16(17)18/h7-10,14H,3-6,11-13,19H2,1-2H3. The lowest BCUT2D eigenvalue weighted by Gasteiger charge is -2.28. The first-order valence-electron chi connectivity index (χ1n) is 8.13. The molecule has 0 aliphatic rings. The molecule has 1 aromatic carbocycles. The number of benzene rings is 1. The van der Waals surface area contributed by atoms with Crippen molar-refractivity contribution in [3.8, 4) is 0 Å². The van der Waals surface area contributed by atoms with E-state index in [0.717, 1.165) is 24.2 Å². The van der Waals surface area contributed by atoms with E-state index in [1.165, 1.54) is 36.8 Å². The van der Waals surface area contributed by atoms with Crippen molar-refractivity contribution < 1.29 is 0 Å². The van der Waals surface area contributed by atoms with Gasteiger partial charge >= 0.3 is 0 Å². The zero-order valence-corrected chi connectivity index (χ0v) is 13.3. The van der Waals surface area contributed by atoms with E-state index >= 15 is 0 Å². The fourth-order valence-electron chi connectivity index (χ4n) is 2.72. The summed E-state index contributed by atoms with van der Waals surface area (Å²) in [5, 5.41) is 1.23. The van der Waals surface area contributed by atoms with Crippen molar-refractivity contribution in [3.63, 3.8) is 0 Å². The van der Waals surface area contributed by atoms with Gasteiger partial charge in [0.05, 0.1) is 11.2 Å². The van der Waals surface area contributed by atoms with Crippen LogP contribution in [0.2, 0.25) is 0 Å². The molecule has 0 radical (unpaired) electrons. The fourth-order valence-corrected chi connectivity index (χ4v) is 2.72. The smallest absolute Gasteiger partial charge is 0.0723 e. The summed E-state index contributed by atoms with van der Waals surface area (Å²) >= 11 is 0. The molecule has 0 unspecified atom stereocenters. The van der Waals surface area contributed by atoms with Crippen LogP contribution in [0.15, 0.2) is 30.5 Å². The summed E-state index contributed by atoms with van der Waals surface area (Å²) in [7, 11) is 0. The van der Waals surface area contributed by atoms with Gasteiger partial charge in [-0.15, -0.1) is 0 Å². The molecule has 3 nitrogen and oxygen atoms in total. The van der Waals surface area contributed by atoms with E-state index in [9.17, 15) is 0 Å². The lowest BCUT2D eigenvalue weighted by Crippen LogP contribution is -2.27. The molecule has 0 bridgehead atoms. The normalized spacial score (nSPS) is 11.0. The molecule has 0 saturated carbocycles. The largest absolute Gasteiger partial charge is 0.371 e. The third-order valence-electron chi connectivity index (χ3n) is 3.92. The number of fused-ring (bicyclic) bond motifs is 1. The number of rotatable bonds is 8. The average molecular weight is 285 g/mol. The van der Waals surface area contributed by atoms with Gasteiger partial charge in [-0.2, -0.15) is 0 Å². The highest BCUT2D eigenvalue weighted by Crippen LogP contribution is 2.30. The number of unbranched alkanes of at least 4 members (excludes halogenated alkanes) is 2. The van der Waals surface area contributed by atoms with Crippen molar-refractivity contribution >= 4 is 16.6 Å². The molecule has 0 saturated heterocycles. The molecule has 2 rings (SSSR count). The Morgan fingerprint density at radius 2 is 1.71 bits per heavy atom. The van der Waals surface area contributed by atoms with E-state index in [-0.39, 0.29) is 0 Å². The summed E-state index contributed by atoms with van der Waals surface area (Å²) in [6.45, 7) is 7.22. The highest BCUT2D eigenvalue weighted by molar-refractivity contribution is 5.93. The summed E-state index contributed by atoms with van der Waals surface area (Å²) in [5.41, 5.74) is 9.48. The van der Waals surface area contributed by atoms with Crippen LogP contribution in [0.25, 0.3) is 10.9 Å². The summed E-state index contributed by atoms with van der Waals surface area (Å²) in [6.07, 6.45) is 6.80. The monoisotopic (exact) mass is 285 g/mol. The number of hydrogen-bond donors (Lipinski definition) is 1. The van der Waals surface area contributed by atoms with Gasteiger partial charge in [0.25, 0.3) is 0 Å². The molecule has 0 aliphatic carbocycles. The van der Waals surface area contributed by atoms with Crippen LogP contribution in [0, 0.1) is 0 Å². The van der Waals surface area contributed by atoms with E-state index in [1.807, 2.05) is 12.3 Å². The highest BCUT2D eigenvalue weighted by atomic mass is 15.1. The molecule has 3 heteroatoms. The van der Waals surface area contributed by atoms with Crippen LogP contribution in [-0.2, 0) is 6.54 Å². The lowest BCUT2D eigenvalue weighted by atomic mass is 10.1. The number of hydrogen-bond acceptors (Lipinski definition) is 3. The Kier molecular flexibility index (Phi) is 6.00. The molecule has 1 heterocycles. The van der Waals surface area contributed by atoms with Crippen molar-refractivity contribution in [3.05, 3.63) is 36.0 Å². The van der Waals surface area contributed by atoms with Crippen molar-refractivity contribution in [2.24, 2.45) is 5.73 Å². The Balaban J connectivity index is 2.47. The first-order valence-corrected chi connectivity index (χ1v) is 8.13. The van der Waals surface area contributed by atoms with Crippen LogP contribution in [-0.4, -0.2) is 18.1 Å². The van der Waals surface area contributed by atoms with Gasteiger partial charge in [0.15, 0.2) is 0 Å². The minimum absolute atomic E-state index is 0.544. The maximum atomic E-state index is 5.97. The molecule has 0 amide bonds. The van der Waals surface area contributed by atoms with Gasteiger partial charge in [-0.25, -0.2) is 0 Å². The van der Waals surface area contributed by atoms with E-state index in [0.29, 0.717) is 6.54 Å². The molecule has 0 spiro atoms. The number of aromatic nitrogens is 1. The van der Waals surface area contributed by atoms with Crippen LogP contribution in [0.3, 0.4) is 0 Å². The zero-order chi connectivity index (χ0) is 15.1. The molecule has 0 aliphatic heterocycles. The maximum Gasteiger partial charge on any atom is 0.0723 e. The van der Waals surface area contributed by atoms with Crippen molar-refractivity contribution in [1.29, 1.82) is 0 Å². The van der Waals surface area contributed by atoms with Gasteiger partial charge < -0.3 is 10.6 Å². The Labute approximate surface area is 128 Å². The van der Waals surface area contributed by atoms with Crippen LogP contribution in [0.1, 0.15) is 45.1 Å². The first kappa shape index (κ1) is 15.8. The second-order valence-electron chi connectivity index (χ2n) is 5.55. The molecule has 21 heavy (non-hydrogen) atoms. The Morgan fingerprint density at radius 1 is 1.05 bits per heavy atom.